The van der Waals surface area contributed by atoms with E-state index >= 15 is 0 Å². The maximum Gasteiger partial charge on any atom is 0.269 e. The zero-order valence-corrected chi connectivity index (χ0v) is 17.0. The van der Waals surface area contributed by atoms with E-state index in [1.165, 1.54) is 36.4 Å². The van der Waals surface area contributed by atoms with Crippen LogP contribution in [0.2, 0.25) is 0 Å². The second-order valence-electron chi connectivity index (χ2n) is 7.22. The van der Waals surface area contributed by atoms with E-state index in [2.05, 4.69) is 15.0 Å². The van der Waals surface area contributed by atoms with Gasteiger partial charge in [-0.3, -0.25) is 19.8 Å². The van der Waals surface area contributed by atoms with Gasteiger partial charge in [0.15, 0.2) is 6.61 Å². The number of halogens is 1. The van der Waals surface area contributed by atoms with E-state index in [1.54, 1.807) is 17.0 Å². The maximum absolute atomic E-state index is 12.9. The number of hydrogen-bond acceptors (Lipinski definition) is 8. The standard InChI is InChI=1S/C21H20FN5O5/c22-16-3-7-18(8-4-16)31-14-20(28)26-11-9-25(10-12-26)13-19-23-21(24-32-19)15-1-5-17(6-2-15)27(29)30/h1-8H,9-14H2. The third-order valence-electron chi connectivity index (χ3n) is 5.06. The normalized spacial score (nSPS) is 14.3. The van der Waals surface area contributed by atoms with E-state index in [9.17, 15) is 19.3 Å². The molecule has 32 heavy (non-hydrogen) atoms. The molecular formula is C21H20FN5O5. The van der Waals surface area contributed by atoms with Crippen molar-refractivity contribution in [3.63, 3.8) is 0 Å². The summed E-state index contributed by atoms with van der Waals surface area (Å²) in [5, 5.41) is 14.7. The zero-order valence-electron chi connectivity index (χ0n) is 17.0. The Hall–Kier alpha value is -3.86. The van der Waals surface area contributed by atoms with Gasteiger partial charge in [-0.1, -0.05) is 5.16 Å². The topological polar surface area (TPSA) is 115 Å². The van der Waals surface area contributed by atoms with Gasteiger partial charge in [-0.15, -0.1) is 0 Å². The average molecular weight is 441 g/mol. The Balaban J connectivity index is 1.24. The lowest BCUT2D eigenvalue weighted by Crippen LogP contribution is -2.49. The molecule has 2 aromatic carbocycles. The SMILES string of the molecule is O=C(COc1ccc(F)cc1)N1CCN(Cc2nc(-c3ccc([N+](=O)[O-])cc3)no2)CC1. The molecule has 0 atom stereocenters. The second kappa shape index (κ2) is 9.52. The van der Waals surface area contributed by atoms with E-state index in [1.807, 2.05) is 0 Å². The summed E-state index contributed by atoms with van der Waals surface area (Å²) in [5.41, 5.74) is 0.620. The average Bonchev–Trinajstić information content (AvgIpc) is 3.27. The molecule has 1 saturated heterocycles. The molecule has 0 saturated carbocycles. The van der Waals surface area contributed by atoms with E-state index in [0.717, 1.165) is 0 Å². The van der Waals surface area contributed by atoms with Crippen LogP contribution in [0.25, 0.3) is 11.4 Å². The number of non-ortho nitro benzene ring substituents is 1. The number of rotatable bonds is 7. The number of nitrogens with zero attached hydrogens (tertiary/aromatic N) is 5. The van der Waals surface area contributed by atoms with Crippen molar-refractivity contribution in [2.45, 2.75) is 6.54 Å². The summed E-state index contributed by atoms with van der Waals surface area (Å²) in [5.74, 6) is 0.742. The molecule has 0 N–H and O–H groups in total. The Morgan fingerprint density at radius 1 is 1.09 bits per heavy atom. The van der Waals surface area contributed by atoms with Crippen LogP contribution < -0.4 is 4.74 Å². The number of nitro groups is 1. The van der Waals surface area contributed by atoms with Gasteiger partial charge in [-0.25, -0.2) is 4.39 Å². The molecule has 0 radical (unpaired) electrons. The lowest BCUT2D eigenvalue weighted by Gasteiger charge is -2.33. The molecule has 0 spiro atoms. The Labute approximate surface area is 182 Å². The van der Waals surface area contributed by atoms with Gasteiger partial charge in [0.25, 0.3) is 11.6 Å². The molecule has 1 aliphatic heterocycles. The van der Waals surface area contributed by atoms with Crippen LogP contribution in [0.3, 0.4) is 0 Å². The molecule has 166 valence electrons. The first kappa shape index (κ1) is 21.4. The Morgan fingerprint density at radius 3 is 2.44 bits per heavy atom. The van der Waals surface area contributed by atoms with Gasteiger partial charge < -0.3 is 14.2 Å². The minimum absolute atomic E-state index is 0.00653. The fraction of sp³-hybridized carbons (Fsp3) is 0.286. The number of piperazine rings is 1. The quantitative estimate of drug-likeness (QED) is 0.406. The van der Waals surface area contributed by atoms with Crippen molar-refractivity contribution in [2.24, 2.45) is 0 Å². The van der Waals surface area contributed by atoms with Gasteiger partial charge in [0.1, 0.15) is 11.6 Å². The van der Waals surface area contributed by atoms with Crippen LogP contribution in [-0.2, 0) is 11.3 Å². The number of ether oxygens (including phenoxy) is 1. The molecule has 2 heterocycles. The summed E-state index contributed by atoms with van der Waals surface area (Å²) in [6.45, 7) is 2.68. The Morgan fingerprint density at radius 2 is 1.78 bits per heavy atom. The molecule has 1 aliphatic rings. The third-order valence-corrected chi connectivity index (χ3v) is 5.06. The van der Waals surface area contributed by atoms with Crippen molar-refractivity contribution >= 4 is 11.6 Å². The van der Waals surface area contributed by atoms with Crippen LogP contribution in [-0.4, -0.2) is 63.6 Å². The van der Waals surface area contributed by atoms with Crippen LogP contribution >= 0.6 is 0 Å². The summed E-state index contributed by atoms with van der Waals surface area (Å²) in [6.07, 6.45) is 0. The summed E-state index contributed by atoms with van der Waals surface area (Å²) in [6, 6.07) is 11.5. The molecule has 4 rings (SSSR count). The molecule has 0 unspecified atom stereocenters. The number of benzene rings is 2. The van der Waals surface area contributed by atoms with Crippen LogP contribution in [0.5, 0.6) is 5.75 Å². The minimum atomic E-state index is -0.468. The smallest absolute Gasteiger partial charge is 0.269 e. The van der Waals surface area contributed by atoms with Gasteiger partial charge in [-0.05, 0) is 36.4 Å². The highest BCUT2D eigenvalue weighted by atomic mass is 19.1. The number of carbonyl (C=O) groups excluding carboxylic acids is 1. The summed E-state index contributed by atoms with van der Waals surface area (Å²) in [4.78, 5) is 30.8. The lowest BCUT2D eigenvalue weighted by molar-refractivity contribution is -0.384. The molecule has 3 aromatic rings. The number of carbonyl (C=O) groups is 1. The maximum atomic E-state index is 12.9. The highest BCUT2D eigenvalue weighted by Gasteiger charge is 2.23. The number of hydrogen-bond donors (Lipinski definition) is 0. The summed E-state index contributed by atoms with van der Waals surface area (Å²) >= 11 is 0. The number of amides is 1. The monoisotopic (exact) mass is 441 g/mol. The first-order valence-electron chi connectivity index (χ1n) is 9.94. The van der Waals surface area contributed by atoms with E-state index in [0.29, 0.717) is 55.8 Å². The molecule has 1 amide bonds. The van der Waals surface area contributed by atoms with Crippen LogP contribution in [0.15, 0.2) is 53.1 Å². The van der Waals surface area contributed by atoms with Crippen LogP contribution in [0, 0.1) is 15.9 Å². The van der Waals surface area contributed by atoms with Crippen molar-refractivity contribution in [3.8, 4) is 17.1 Å². The van der Waals surface area contributed by atoms with Crippen LogP contribution in [0.4, 0.5) is 10.1 Å². The minimum Gasteiger partial charge on any atom is -0.484 e. The van der Waals surface area contributed by atoms with Crippen molar-refractivity contribution in [1.29, 1.82) is 0 Å². The zero-order chi connectivity index (χ0) is 22.5. The molecule has 1 fully saturated rings. The fourth-order valence-corrected chi connectivity index (χ4v) is 3.28. The van der Waals surface area contributed by atoms with Gasteiger partial charge >= 0.3 is 0 Å². The van der Waals surface area contributed by atoms with Crippen molar-refractivity contribution in [1.82, 2.24) is 19.9 Å². The van der Waals surface area contributed by atoms with E-state index < -0.39 is 4.92 Å². The van der Waals surface area contributed by atoms with E-state index in [4.69, 9.17) is 9.26 Å². The van der Waals surface area contributed by atoms with Gasteiger partial charge in [0.05, 0.1) is 11.5 Å². The third kappa shape index (κ3) is 5.24. The largest absolute Gasteiger partial charge is 0.484 e. The molecular weight excluding hydrogens is 421 g/mol. The first-order chi connectivity index (χ1) is 15.5. The summed E-state index contributed by atoms with van der Waals surface area (Å²) in [7, 11) is 0. The highest BCUT2D eigenvalue weighted by molar-refractivity contribution is 5.77. The van der Waals surface area contributed by atoms with Gasteiger partial charge in [0, 0.05) is 43.9 Å². The Kier molecular flexibility index (Phi) is 6.36. The fourth-order valence-electron chi connectivity index (χ4n) is 3.28. The van der Waals surface area contributed by atoms with Crippen molar-refractivity contribution < 1.29 is 23.4 Å². The highest BCUT2D eigenvalue weighted by Crippen LogP contribution is 2.20. The number of aromatic nitrogens is 2. The van der Waals surface area contributed by atoms with Gasteiger partial charge in [0.2, 0.25) is 11.7 Å². The molecule has 0 aliphatic carbocycles. The molecule has 11 heteroatoms. The molecule has 1 aromatic heterocycles. The van der Waals surface area contributed by atoms with Crippen molar-refractivity contribution in [2.75, 3.05) is 32.8 Å². The van der Waals surface area contributed by atoms with Crippen molar-refractivity contribution in [3.05, 3.63) is 70.4 Å². The van der Waals surface area contributed by atoms with Gasteiger partial charge in [-0.2, -0.15) is 4.98 Å². The predicted molar refractivity (Wildman–Crippen MR) is 110 cm³/mol. The molecule has 10 nitrogen and oxygen atoms in total. The lowest BCUT2D eigenvalue weighted by atomic mass is 10.2. The van der Waals surface area contributed by atoms with E-state index in [-0.39, 0.29) is 24.0 Å². The number of nitro benzene ring substituents is 1. The predicted octanol–water partition coefficient (Wildman–Crippen LogP) is 2.51. The summed E-state index contributed by atoms with van der Waals surface area (Å²) < 4.78 is 23.7. The van der Waals surface area contributed by atoms with Crippen LogP contribution in [0.1, 0.15) is 5.89 Å². The second-order valence-corrected chi connectivity index (χ2v) is 7.22. The first-order valence-corrected chi connectivity index (χ1v) is 9.94. The Bertz CT molecular complexity index is 1080. The molecule has 0 bridgehead atoms.